The number of hydrogen-bond acceptors (Lipinski definition) is 2. The third kappa shape index (κ3) is 2.02. The fourth-order valence-corrected chi connectivity index (χ4v) is 2.50. The number of carbonyl (C=O) groups is 1. The third-order valence-electron chi connectivity index (χ3n) is 3.44. The molecule has 1 atom stereocenters. The second-order valence-corrected chi connectivity index (χ2v) is 4.79. The van der Waals surface area contributed by atoms with Gasteiger partial charge in [-0.25, -0.2) is 0 Å². The summed E-state index contributed by atoms with van der Waals surface area (Å²) in [7, 11) is 1.66. The van der Waals surface area contributed by atoms with E-state index in [4.69, 9.17) is 4.74 Å². The Hall–Kier alpha value is -1.51. The second-order valence-electron chi connectivity index (χ2n) is 4.79. The molecule has 0 N–H and O–H groups in total. The number of amides is 1. The van der Waals surface area contributed by atoms with Crippen molar-refractivity contribution in [3.63, 3.8) is 0 Å². The lowest BCUT2D eigenvalue weighted by Gasteiger charge is -2.22. The number of hydrogen-bond donors (Lipinski definition) is 0. The van der Waals surface area contributed by atoms with E-state index in [2.05, 4.69) is 0 Å². The van der Waals surface area contributed by atoms with Crippen LogP contribution in [0.1, 0.15) is 24.5 Å². The highest BCUT2D eigenvalue weighted by atomic mass is 16.5. The maximum atomic E-state index is 12.1. The van der Waals surface area contributed by atoms with Gasteiger partial charge in [0.25, 0.3) is 0 Å². The maximum Gasteiger partial charge on any atom is 0.229 e. The Labute approximate surface area is 102 Å². The SMILES string of the molecule is COc1cc(C)c(N2CCC(C)C2=O)c(C)c1. The van der Waals surface area contributed by atoms with Gasteiger partial charge in [0.1, 0.15) is 5.75 Å². The zero-order valence-corrected chi connectivity index (χ0v) is 10.9. The van der Waals surface area contributed by atoms with Gasteiger partial charge >= 0.3 is 0 Å². The minimum Gasteiger partial charge on any atom is -0.497 e. The van der Waals surface area contributed by atoms with Crippen molar-refractivity contribution in [2.75, 3.05) is 18.6 Å². The second kappa shape index (κ2) is 4.40. The minimum absolute atomic E-state index is 0.149. The number of anilines is 1. The summed E-state index contributed by atoms with van der Waals surface area (Å²) in [4.78, 5) is 14.0. The van der Waals surface area contributed by atoms with Crippen LogP contribution in [0.3, 0.4) is 0 Å². The molecule has 3 heteroatoms. The van der Waals surface area contributed by atoms with Gasteiger partial charge in [-0.15, -0.1) is 0 Å². The first kappa shape index (κ1) is 12.0. The van der Waals surface area contributed by atoms with Crippen LogP contribution in [0.15, 0.2) is 12.1 Å². The molecule has 0 saturated carbocycles. The number of ether oxygens (including phenoxy) is 1. The van der Waals surface area contributed by atoms with E-state index >= 15 is 0 Å². The minimum atomic E-state index is 0.149. The standard InChI is InChI=1S/C14H19NO2/c1-9-5-6-15(14(9)16)13-10(2)7-12(17-4)8-11(13)3/h7-9H,5-6H2,1-4H3. The largest absolute Gasteiger partial charge is 0.497 e. The molecule has 1 aliphatic rings. The Morgan fingerprint density at radius 2 is 1.88 bits per heavy atom. The number of rotatable bonds is 2. The fraction of sp³-hybridized carbons (Fsp3) is 0.500. The van der Waals surface area contributed by atoms with E-state index in [0.29, 0.717) is 0 Å². The summed E-state index contributed by atoms with van der Waals surface area (Å²) in [5, 5.41) is 0. The fourth-order valence-electron chi connectivity index (χ4n) is 2.50. The van der Waals surface area contributed by atoms with Crippen LogP contribution in [-0.2, 0) is 4.79 Å². The summed E-state index contributed by atoms with van der Waals surface area (Å²) >= 11 is 0. The average Bonchev–Trinajstić information content (AvgIpc) is 2.60. The van der Waals surface area contributed by atoms with Crippen LogP contribution in [0.4, 0.5) is 5.69 Å². The zero-order chi connectivity index (χ0) is 12.6. The predicted octanol–water partition coefficient (Wildman–Crippen LogP) is 2.68. The maximum absolute atomic E-state index is 12.1. The average molecular weight is 233 g/mol. The molecule has 1 aromatic rings. The first-order chi connectivity index (χ1) is 8.04. The molecule has 0 bridgehead atoms. The van der Waals surface area contributed by atoms with Crippen molar-refractivity contribution in [1.29, 1.82) is 0 Å². The number of nitrogens with zero attached hydrogens (tertiary/aromatic N) is 1. The van der Waals surface area contributed by atoms with Crippen molar-refractivity contribution in [2.24, 2.45) is 5.92 Å². The van der Waals surface area contributed by atoms with Gasteiger partial charge in [-0.05, 0) is 43.5 Å². The van der Waals surface area contributed by atoms with E-state index in [9.17, 15) is 4.79 Å². The van der Waals surface area contributed by atoms with Gasteiger partial charge in [0.2, 0.25) is 5.91 Å². The summed E-state index contributed by atoms with van der Waals surface area (Å²) in [6.07, 6.45) is 0.948. The van der Waals surface area contributed by atoms with Gasteiger partial charge in [0.05, 0.1) is 7.11 Å². The molecule has 1 heterocycles. The van der Waals surface area contributed by atoms with E-state index in [0.717, 1.165) is 35.5 Å². The lowest BCUT2D eigenvalue weighted by molar-refractivity contribution is -0.119. The third-order valence-corrected chi connectivity index (χ3v) is 3.44. The molecular weight excluding hydrogens is 214 g/mol. The van der Waals surface area contributed by atoms with Gasteiger partial charge in [0, 0.05) is 18.2 Å². The van der Waals surface area contributed by atoms with Crippen LogP contribution in [0.5, 0.6) is 5.75 Å². The highest BCUT2D eigenvalue weighted by molar-refractivity contribution is 5.98. The first-order valence-electron chi connectivity index (χ1n) is 6.01. The first-order valence-corrected chi connectivity index (χ1v) is 6.01. The van der Waals surface area contributed by atoms with Crippen LogP contribution in [0, 0.1) is 19.8 Å². The number of methoxy groups -OCH3 is 1. The van der Waals surface area contributed by atoms with Crippen molar-refractivity contribution in [1.82, 2.24) is 0 Å². The van der Waals surface area contributed by atoms with Crippen LogP contribution in [0.2, 0.25) is 0 Å². The molecule has 2 rings (SSSR count). The van der Waals surface area contributed by atoms with E-state index in [1.165, 1.54) is 0 Å². The lowest BCUT2D eigenvalue weighted by Crippen LogP contribution is -2.27. The number of carbonyl (C=O) groups excluding carboxylic acids is 1. The molecule has 0 spiro atoms. The van der Waals surface area contributed by atoms with Crippen LogP contribution in [-0.4, -0.2) is 19.6 Å². The molecule has 3 nitrogen and oxygen atoms in total. The van der Waals surface area contributed by atoms with Crippen molar-refractivity contribution >= 4 is 11.6 Å². The normalized spacial score (nSPS) is 19.9. The lowest BCUT2D eigenvalue weighted by atomic mass is 10.1. The Morgan fingerprint density at radius 1 is 1.29 bits per heavy atom. The van der Waals surface area contributed by atoms with E-state index in [-0.39, 0.29) is 11.8 Å². The van der Waals surface area contributed by atoms with E-state index < -0.39 is 0 Å². The van der Waals surface area contributed by atoms with Crippen molar-refractivity contribution in [3.05, 3.63) is 23.3 Å². The molecule has 0 radical (unpaired) electrons. The van der Waals surface area contributed by atoms with Gasteiger partial charge in [0.15, 0.2) is 0 Å². The molecular formula is C14H19NO2. The van der Waals surface area contributed by atoms with Crippen molar-refractivity contribution in [2.45, 2.75) is 27.2 Å². The quantitative estimate of drug-likeness (QED) is 0.786. The molecule has 1 fully saturated rings. The van der Waals surface area contributed by atoms with E-state index in [1.54, 1.807) is 7.11 Å². The Morgan fingerprint density at radius 3 is 2.29 bits per heavy atom. The van der Waals surface area contributed by atoms with Crippen molar-refractivity contribution in [3.8, 4) is 5.75 Å². The molecule has 0 aromatic heterocycles. The van der Waals surface area contributed by atoms with Crippen molar-refractivity contribution < 1.29 is 9.53 Å². The van der Waals surface area contributed by atoms with Gasteiger partial charge < -0.3 is 9.64 Å². The number of aryl methyl sites for hydroxylation is 2. The molecule has 1 aromatic carbocycles. The van der Waals surface area contributed by atoms with Gasteiger partial charge in [-0.2, -0.15) is 0 Å². The summed E-state index contributed by atoms with van der Waals surface area (Å²) in [5.74, 6) is 1.24. The highest BCUT2D eigenvalue weighted by Crippen LogP contribution is 2.33. The Bertz CT molecular complexity index is 431. The van der Waals surface area contributed by atoms with Gasteiger partial charge in [-0.1, -0.05) is 6.92 Å². The van der Waals surface area contributed by atoms with E-state index in [1.807, 2.05) is 37.8 Å². The zero-order valence-electron chi connectivity index (χ0n) is 10.9. The molecule has 0 aliphatic carbocycles. The molecule has 1 aliphatic heterocycles. The summed E-state index contributed by atoms with van der Waals surface area (Å²) in [6.45, 7) is 6.88. The molecule has 1 saturated heterocycles. The molecule has 1 unspecified atom stereocenters. The number of benzene rings is 1. The predicted molar refractivity (Wildman–Crippen MR) is 68.6 cm³/mol. The van der Waals surface area contributed by atoms with Crippen LogP contribution in [0.25, 0.3) is 0 Å². The highest BCUT2D eigenvalue weighted by Gasteiger charge is 2.30. The summed E-state index contributed by atoms with van der Waals surface area (Å²) in [6, 6.07) is 3.97. The summed E-state index contributed by atoms with van der Waals surface area (Å²) < 4.78 is 5.24. The Balaban J connectivity index is 2.43. The smallest absolute Gasteiger partial charge is 0.229 e. The molecule has 1 amide bonds. The molecule has 17 heavy (non-hydrogen) atoms. The van der Waals surface area contributed by atoms with Crippen LogP contribution < -0.4 is 9.64 Å². The monoisotopic (exact) mass is 233 g/mol. The summed E-state index contributed by atoms with van der Waals surface area (Å²) in [5.41, 5.74) is 3.26. The van der Waals surface area contributed by atoms with Crippen LogP contribution >= 0.6 is 0 Å². The Kier molecular flexibility index (Phi) is 3.09. The van der Waals surface area contributed by atoms with Gasteiger partial charge in [-0.3, -0.25) is 4.79 Å². The molecule has 92 valence electrons. The topological polar surface area (TPSA) is 29.5 Å².